The Morgan fingerprint density at radius 3 is 2.78 bits per heavy atom. The highest BCUT2D eigenvalue weighted by molar-refractivity contribution is 7.11. The fourth-order valence-electron chi connectivity index (χ4n) is 3.51. The van der Waals surface area contributed by atoms with Crippen LogP contribution in [0.15, 0.2) is 48.0 Å². The van der Waals surface area contributed by atoms with Gasteiger partial charge in [-0.05, 0) is 56.2 Å². The summed E-state index contributed by atoms with van der Waals surface area (Å²) in [5, 5.41) is 0. The first-order valence-corrected chi connectivity index (χ1v) is 9.92. The molecule has 0 spiro atoms. The van der Waals surface area contributed by atoms with Gasteiger partial charge in [-0.1, -0.05) is 6.07 Å². The van der Waals surface area contributed by atoms with Gasteiger partial charge in [-0.15, -0.1) is 11.3 Å². The SMILES string of the molecule is Cc1ncsc1C(=O)N1CCC[C@@H](c2cccc(-c3ccc(F)cc3)n2)C1. The van der Waals surface area contributed by atoms with Crippen molar-refractivity contribution in [1.29, 1.82) is 0 Å². The Morgan fingerprint density at radius 1 is 1.22 bits per heavy atom. The Morgan fingerprint density at radius 2 is 2.04 bits per heavy atom. The van der Waals surface area contributed by atoms with Crippen LogP contribution in [0.4, 0.5) is 4.39 Å². The summed E-state index contributed by atoms with van der Waals surface area (Å²) in [4.78, 5) is 24.5. The van der Waals surface area contributed by atoms with Crippen molar-refractivity contribution in [1.82, 2.24) is 14.9 Å². The highest BCUT2D eigenvalue weighted by Gasteiger charge is 2.28. The normalized spacial score (nSPS) is 17.1. The number of aryl methyl sites for hydroxylation is 1. The number of benzene rings is 1. The average molecular weight is 381 g/mol. The van der Waals surface area contributed by atoms with Gasteiger partial charge in [0.2, 0.25) is 0 Å². The molecule has 1 aliphatic rings. The Bertz CT molecular complexity index is 954. The van der Waals surface area contributed by atoms with Crippen LogP contribution < -0.4 is 0 Å². The van der Waals surface area contributed by atoms with Crippen LogP contribution in [0.1, 0.15) is 39.8 Å². The summed E-state index contributed by atoms with van der Waals surface area (Å²) >= 11 is 1.40. The van der Waals surface area contributed by atoms with Crippen molar-refractivity contribution in [2.45, 2.75) is 25.7 Å². The van der Waals surface area contributed by atoms with Crippen molar-refractivity contribution in [3.8, 4) is 11.3 Å². The number of amides is 1. The van der Waals surface area contributed by atoms with Gasteiger partial charge in [-0.25, -0.2) is 9.37 Å². The molecule has 3 aromatic rings. The molecule has 1 atom stereocenters. The van der Waals surface area contributed by atoms with Crippen molar-refractivity contribution >= 4 is 17.2 Å². The zero-order valence-electron chi connectivity index (χ0n) is 15.1. The van der Waals surface area contributed by atoms with Crippen molar-refractivity contribution in [3.05, 3.63) is 70.1 Å². The van der Waals surface area contributed by atoms with Gasteiger partial charge in [0.15, 0.2) is 0 Å². The van der Waals surface area contributed by atoms with Crippen LogP contribution in [0, 0.1) is 12.7 Å². The third-order valence-electron chi connectivity index (χ3n) is 4.98. The van der Waals surface area contributed by atoms with Crippen molar-refractivity contribution in [2.75, 3.05) is 13.1 Å². The molecule has 4 nitrogen and oxygen atoms in total. The standard InChI is InChI=1S/C21H20FN3OS/c1-14-20(27-13-23-14)21(26)25-11-3-4-16(12-25)19-6-2-5-18(24-19)15-7-9-17(22)10-8-15/h2,5-10,13,16H,3-4,11-12H2,1H3/t16-/m1/s1. The number of pyridine rings is 1. The van der Waals surface area contributed by atoms with E-state index in [-0.39, 0.29) is 17.6 Å². The summed E-state index contributed by atoms with van der Waals surface area (Å²) in [5.74, 6) is 0.0143. The van der Waals surface area contributed by atoms with E-state index in [1.807, 2.05) is 30.0 Å². The van der Waals surface area contributed by atoms with Crippen LogP contribution >= 0.6 is 11.3 Å². The topological polar surface area (TPSA) is 46.1 Å². The smallest absolute Gasteiger partial charge is 0.265 e. The molecule has 0 bridgehead atoms. The molecule has 1 aromatic carbocycles. The fourth-order valence-corrected chi connectivity index (χ4v) is 4.28. The van der Waals surface area contributed by atoms with Gasteiger partial charge in [-0.2, -0.15) is 0 Å². The number of carbonyl (C=O) groups excluding carboxylic acids is 1. The van der Waals surface area contributed by atoms with E-state index >= 15 is 0 Å². The molecule has 4 rings (SSSR count). The van der Waals surface area contributed by atoms with Gasteiger partial charge in [0, 0.05) is 30.3 Å². The van der Waals surface area contributed by atoms with Crippen LogP contribution in [0.25, 0.3) is 11.3 Å². The molecule has 1 fully saturated rings. The van der Waals surface area contributed by atoms with Gasteiger partial charge in [-0.3, -0.25) is 9.78 Å². The fraction of sp³-hybridized carbons (Fsp3) is 0.286. The van der Waals surface area contributed by atoms with Gasteiger partial charge in [0.05, 0.1) is 16.9 Å². The maximum absolute atomic E-state index is 13.2. The summed E-state index contributed by atoms with van der Waals surface area (Å²) in [6.07, 6.45) is 1.96. The Labute approximate surface area is 161 Å². The second kappa shape index (κ2) is 7.56. The number of thiazole rings is 1. The van der Waals surface area contributed by atoms with Crippen molar-refractivity contribution < 1.29 is 9.18 Å². The first-order valence-electron chi connectivity index (χ1n) is 9.04. The van der Waals surface area contributed by atoms with Crippen LogP contribution in [0.5, 0.6) is 0 Å². The molecule has 0 aliphatic carbocycles. The first kappa shape index (κ1) is 17.8. The molecule has 1 saturated heterocycles. The van der Waals surface area contributed by atoms with Crippen LogP contribution in [0.3, 0.4) is 0 Å². The molecule has 27 heavy (non-hydrogen) atoms. The van der Waals surface area contributed by atoms with E-state index in [9.17, 15) is 9.18 Å². The third kappa shape index (κ3) is 3.76. The number of halogens is 1. The molecule has 0 radical (unpaired) electrons. The molecule has 0 saturated carbocycles. The number of carbonyl (C=O) groups is 1. The molecule has 138 valence electrons. The van der Waals surface area contributed by atoms with E-state index in [2.05, 4.69) is 4.98 Å². The molecule has 0 unspecified atom stereocenters. The van der Waals surface area contributed by atoms with E-state index in [1.165, 1.54) is 23.5 Å². The number of aromatic nitrogens is 2. The zero-order valence-corrected chi connectivity index (χ0v) is 15.9. The van der Waals surface area contributed by atoms with Gasteiger partial charge in [0.25, 0.3) is 5.91 Å². The van der Waals surface area contributed by atoms with Gasteiger partial charge in [0.1, 0.15) is 10.7 Å². The summed E-state index contributed by atoms with van der Waals surface area (Å²) < 4.78 is 13.2. The predicted molar refractivity (Wildman–Crippen MR) is 104 cm³/mol. The number of hydrogen-bond acceptors (Lipinski definition) is 4. The number of hydrogen-bond donors (Lipinski definition) is 0. The van der Waals surface area contributed by atoms with Crippen molar-refractivity contribution in [3.63, 3.8) is 0 Å². The maximum atomic E-state index is 13.2. The predicted octanol–water partition coefficient (Wildman–Crippen LogP) is 4.67. The van der Waals surface area contributed by atoms with E-state index in [0.717, 1.165) is 46.9 Å². The molecule has 1 aliphatic heterocycles. The molecule has 1 amide bonds. The lowest BCUT2D eigenvalue weighted by atomic mass is 9.93. The summed E-state index contributed by atoms with van der Waals surface area (Å²) in [7, 11) is 0. The van der Waals surface area contributed by atoms with Gasteiger partial charge < -0.3 is 4.90 Å². The first-order chi connectivity index (χ1) is 13.1. The third-order valence-corrected chi connectivity index (χ3v) is 5.89. The van der Waals surface area contributed by atoms with Crippen LogP contribution in [-0.2, 0) is 0 Å². The number of nitrogens with zero attached hydrogens (tertiary/aromatic N) is 3. The van der Waals surface area contributed by atoms with E-state index < -0.39 is 0 Å². The Hall–Kier alpha value is -2.60. The van der Waals surface area contributed by atoms with E-state index in [1.54, 1.807) is 17.6 Å². The van der Waals surface area contributed by atoms with Gasteiger partial charge >= 0.3 is 0 Å². The molecular formula is C21H20FN3OS. The lowest BCUT2D eigenvalue weighted by molar-refractivity contribution is 0.0710. The lowest BCUT2D eigenvalue weighted by Crippen LogP contribution is -2.39. The minimum absolute atomic E-state index is 0.0642. The summed E-state index contributed by atoms with van der Waals surface area (Å²) in [5.41, 5.74) is 5.22. The zero-order chi connectivity index (χ0) is 18.8. The number of piperidine rings is 1. The largest absolute Gasteiger partial charge is 0.337 e. The highest BCUT2D eigenvalue weighted by Crippen LogP contribution is 2.29. The summed E-state index contributed by atoms with van der Waals surface area (Å²) in [6, 6.07) is 12.3. The average Bonchev–Trinajstić information content (AvgIpc) is 3.14. The number of likely N-dealkylation sites (tertiary alicyclic amines) is 1. The monoisotopic (exact) mass is 381 g/mol. The van der Waals surface area contributed by atoms with E-state index in [0.29, 0.717) is 6.54 Å². The molecule has 0 N–H and O–H groups in total. The van der Waals surface area contributed by atoms with Crippen LogP contribution in [-0.4, -0.2) is 33.9 Å². The minimum atomic E-state index is -0.255. The lowest BCUT2D eigenvalue weighted by Gasteiger charge is -2.32. The highest BCUT2D eigenvalue weighted by atomic mass is 32.1. The van der Waals surface area contributed by atoms with E-state index in [4.69, 9.17) is 4.98 Å². The minimum Gasteiger partial charge on any atom is -0.337 e. The maximum Gasteiger partial charge on any atom is 0.265 e. The number of rotatable bonds is 3. The van der Waals surface area contributed by atoms with Crippen LogP contribution in [0.2, 0.25) is 0 Å². The Kier molecular flexibility index (Phi) is 4.99. The second-order valence-electron chi connectivity index (χ2n) is 6.81. The second-order valence-corrected chi connectivity index (χ2v) is 7.67. The quantitative estimate of drug-likeness (QED) is 0.662. The molecule has 2 aromatic heterocycles. The molecule has 3 heterocycles. The van der Waals surface area contributed by atoms with Crippen molar-refractivity contribution in [2.24, 2.45) is 0 Å². The molecule has 6 heteroatoms. The molecular weight excluding hydrogens is 361 g/mol. The Balaban J connectivity index is 1.55. The summed E-state index contributed by atoms with van der Waals surface area (Å²) in [6.45, 7) is 3.30.